The molecular weight excluding hydrogens is 344 g/mol. The van der Waals surface area contributed by atoms with E-state index in [0.29, 0.717) is 11.1 Å². The average Bonchev–Trinajstić information content (AvgIpc) is 2.76. The Morgan fingerprint density at radius 3 is 1.11 bits per heavy atom. The zero-order valence-electron chi connectivity index (χ0n) is 17.4. The molecule has 0 radical (unpaired) electrons. The van der Waals surface area contributed by atoms with E-state index < -0.39 is 0 Å². The van der Waals surface area contributed by atoms with Gasteiger partial charge in [0.25, 0.3) is 0 Å². The van der Waals surface area contributed by atoms with Gasteiger partial charge in [0.1, 0.15) is 0 Å². The van der Waals surface area contributed by atoms with Crippen molar-refractivity contribution in [2.24, 2.45) is 0 Å². The highest BCUT2D eigenvalue weighted by molar-refractivity contribution is 5.37. The normalized spacial score (nSPS) is 13.1. The molecule has 0 aromatic heterocycles. The molecule has 0 bridgehead atoms. The van der Waals surface area contributed by atoms with Crippen LogP contribution in [0.5, 0.6) is 0 Å². The first-order chi connectivity index (χ1) is 13.6. The van der Waals surface area contributed by atoms with Crippen molar-refractivity contribution in [1.82, 2.24) is 9.80 Å². The van der Waals surface area contributed by atoms with Crippen LogP contribution in [-0.4, -0.2) is 36.0 Å². The third-order valence-electron chi connectivity index (χ3n) is 5.47. The van der Waals surface area contributed by atoms with Gasteiger partial charge in [-0.2, -0.15) is 10.5 Å². The van der Waals surface area contributed by atoms with Crippen LogP contribution in [0.3, 0.4) is 0 Å². The minimum Gasteiger partial charge on any atom is -0.295 e. The molecule has 0 amide bonds. The summed E-state index contributed by atoms with van der Waals surface area (Å²) in [6.07, 6.45) is 0. The summed E-state index contributed by atoms with van der Waals surface area (Å²) in [7, 11) is 0. The van der Waals surface area contributed by atoms with Crippen molar-refractivity contribution in [3.63, 3.8) is 0 Å². The smallest absolute Gasteiger partial charge is 0.0991 e. The Hall–Kier alpha value is -2.66. The summed E-state index contributed by atoms with van der Waals surface area (Å²) in [6, 6.07) is 20.7. The largest absolute Gasteiger partial charge is 0.295 e. The maximum absolute atomic E-state index is 9.17. The van der Waals surface area contributed by atoms with E-state index in [0.717, 1.165) is 26.2 Å². The molecule has 2 aromatic carbocycles. The van der Waals surface area contributed by atoms with Crippen molar-refractivity contribution in [2.45, 2.75) is 39.8 Å². The molecule has 2 unspecified atom stereocenters. The van der Waals surface area contributed by atoms with Crippen LogP contribution in [0.2, 0.25) is 0 Å². The summed E-state index contributed by atoms with van der Waals surface area (Å²) < 4.78 is 0. The third-order valence-corrected chi connectivity index (χ3v) is 5.47. The fourth-order valence-electron chi connectivity index (χ4n) is 3.93. The second kappa shape index (κ2) is 10.6. The van der Waals surface area contributed by atoms with Crippen molar-refractivity contribution < 1.29 is 0 Å². The Morgan fingerprint density at radius 1 is 0.607 bits per heavy atom. The van der Waals surface area contributed by atoms with Gasteiger partial charge in [0.15, 0.2) is 0 Å². The van der Waals surface area contributed by atoms with E-state index in [9.17, 15) is 10.5 Å². The van der Waals surface area contributed by atoms with Crippen LogP contribution in [-0.2, 0) is 0 Å². The zero-order chi connectivity index (χ0) is 20.5. The number of hydrogen-bond donors (Lipinski definition) is 0. The highest BCUT2D eigenvalue weighted by atomic mass is 15.2. The second-order valence-electron chi connectivity index (χ2n) is 6.80. The highest BCUT2D eigenvalue weighted by Crippen LogP contribution is 2.38. The quantitative estimate of drug-likeness (QED) is 0.627. The lowest BCUT2D eigenvalue weighted by Crippen LogP contribution is -2.41. The van der Waals surface area contributed by atoms with E-state index in [2.05, 4.69) is 73.9 Å². The van der Waals surface area contributed by atoms with Crippen LogP contribution in [0.15, 0.2) is 48.5 Å². The Morgan fingerprint density at radius 2 is 0.893 bits per heavy atom. The van der Waals surface area contributed by atoms with Gasteiger partial charge in [-0.25, -0.2) is 0 Å². The maximum atomic E-state index is 9.17. The molecule has 0 aliphatic heterocycles. The molecule has 28 heavy (non-hydrogen) atoms. The van der Waals surface area contributed by atoms with Crippen LogP contribution in [0.25, 0.3) is 0 Å². The van der Waals surface area contributed by atoms with E-state index >= 15 is 0 Å². The number of nitrogens with zero attached hydrogens (tertiary/aromatic N) is 4. The molecule has 0 heterocycles. The van der Waals surface area contributed by atoms with Crippen LogP contribution in [0, 0.1) is 22.7 Å². The molecule has 146 valence electrons. The van der Waals surface area contributed by atoms with E-state index in [1.54, 1.807) is 0 Å². The van der Waals surface area contributed by atoms with E-state index in [4.69, 9.17) is 0 Å². The highest BCUT2D eigenvalue weighted by Gasteiger charge is 2.32. The molecule has 4 heteroatoms. The predicted molar refractivity (Wildman–Crippen MR) is 114 cm³/mol. The monoisotopic (exact) mass is 374 g/mol. The maximum Gasteiger partial charge on any atom is 0.0991 e. The molecule has 2 rings (SSSR count). The van der Waals surface area contributed by atoms with Crippen molar-refractivity contribution in [3.05, 3.63) is 70.8 Å². The van der Waals surface area contributed by atoms with Gasteiger partial charge in [0, 0.05) is 0 Å². The number of rotatable bonds is 9. The van der Waals surface area contributed by atoms with Gasteiger partial charge in [0.2, 0.25) is 0 Å². The van der Waals surface area contributed by atoms with Gasteiger partial charge in [-0.3, -0.25) is 9.80 Å². The van der Waals surface area contributed by atoms with Crippen LogP contribution in [0.1, 0.15) is 62.0 Å². The lowest BCUT2D eigenvalue weighted by Gasteiger charge is -2.42. The summed E-state index contributed by atoms with van der Waals surface area (Å²) in [6.45, 7) is 12.5. The topological polar surface area (TPSA) is 54.1 Å². The number of nitriles is 2. The first-order valence-electron chi connectivity index (χ1n) is 10.1. The molecule has 0 aliphatic carbocycles. The van der Waals surface area contributed by atoms with Gasteiger partial charge in [0.05, 0.1) is 35.3 Å². The summed E-state index contributed by atoms with van der Waals surface area (Å²) in [5, 5.41) is 18.3. The summed E-state index contributed by atoms with van der Waals surface area (Å²) in [4.78, 5) is 4.95. The lowest BCUT2D eigenvalue weighted by atomic mass is 9.89. The van der Waals surface area contributed by atoms with Gasteiger partial charge in [-0.05, 0) is 61.6 Å². The molecule has 0 N–H and O–H groups in total. The van der Waals surface area contributed by atoms with Crippen molar-refractivity contribution in [1.29, 1.82) is 10.5 Å². The lowest BCUT2D eigenvalue weighted by molar-refractivity contribution is 0.0889. The molecule has 2 atom stereocenters. The molecule has 0 spiro atoms. The molecule has 0 saturated heterocycles. The van der Waals surface area contributed by atoms with Crippen LogP contribution < -0.4 is 0 Å². The fourth-order valence-corrected chi connectivity index (χ4v) is 3.93. The summed E-state index contributed by atoms with van der Waals surface area (Å²) in [5.74, 6) is 0. The van der Waals surface area contributed by atoms with Gasteiger partial charge in [-0.15, -0.1) is 0 Å². The van der Waals surface area contributed by atoms with E-state index in [1.807, 2.05) is 24.3 Å². The minimum absolute atomic E-state index is 0.163. The molecule has 2 aromatic rings. The number of likely N-dealkylation sites (N-methyl/N-ethyl adjacent to an activating group) is 2. The Labute approximate surface area is 169 Å². The minimum atomic E-state index is 0.163. The zero-order valence-corrected chi connectivity index (χ0v) is 17.4. The van der Waals surface area contributed by atoms with Crippen molar-refractivity contribution in [3.8, 4) is 12.1 Å². The van der Waals surface area contributed by atoms with Crippen LogP contribution >= 0.6 is 0 Å². The molecule has 0 saturated carbocycles. The number of hydrogen-bond acceptors (Lipinski definition) is 4. The fraction of sp³-hybridized carbons (Fsp3) is 0.417. The van der Waals surface area contributed by atoms with E-state index in [-0.39, 0.29) is 12.1 Å². The SMILES string of the molecule is CCN(CC)C(c1ccc(C#N)cc1)C(c1ccc(C#N)cc1)N(CC)CC. The summed E-state index contributed by atoms with van der Waals surface area (Å²) in [5.41, 5.74) is 3.78. The number of benzene rings is 2. The standard InChI is InChI=1S/C24H30N4/c1-5-27(6-2)23(21-13-9-19(17-25)10-14-21)24(28(7-3)8-4)22-15-11-20(18-26)12-16-22/h9-16,23-24H,5-8H2,1-4H3. The molecule has 0 aliphatic rings. The predicted octanol–water partition coefficient (Wildman–Crippen LogP) is 4.90. The van der Waals surface area contributed by atoms with Crippen LogP contribution in [0.4, 0.5) is 0 Å². The Kier molecular flexibility index (Phi) is 8.20. The average molecular weight is 375 g/mol. The van der Waals surface area contributed by atoms with Gasteiger partial charge in [-0.1, -0.05) is 52.0 Å². The Balaban J connectivity index is 2.61. The third kappa shape index (κ3) is 4.78. The first-order valence-corrected chi connectivity index (χ1v) is 10.1. The summed E-state index contributed by atoms with van der Waals surface area (Å²) >= 11 is 0. The van der Waals surface area contributed by atoms with Crippen molar-refractivity contribution in [2.75, 3.05) is 26.2 Å². The van der Waals surface area contributed by atoms with Gasteiger partial charge >= 0.3 is 0 Å². The van der Waals surface area contributed by atoms with E-state index in [1.165, 1.54) is 11.1 Å². The Bertz CT molecular complexity index is 732. The first kappa shape index (κ1) is 21.6. The van der Waals surface area contributed by atoms with Crippen molar-refractivity contribution >= 4 is 0 Å². The van der Waals surface area contributed by atoms with Gasteiger partial charge < -0.3 is 0 Å². The second-order valence-corrected chi connectivity index (χ2v) is 6.80. The molecular formula is C24H30N4. The molecule has 0 fully saturated rings. The molecule has 4 nitrogen and oxygen atoms in total.